The van der Waals surface area contributed by atoms with Gasteiger partial charge in [-0.25, -0.2) is 0 Å². The highest BCUT2D eigenvalue weighted by atomic mass is 16.2. The van der Waals surface area contributed by atoms with Crippen molar-refractivity contribution in [3.8, 4) is 0 Å². The van der Waals surface area contributed by atoms with Crippen LogP contribution < -0.4 is 5.32 Å². The minimum absolute atomic E-state index is 0.0349. The molecule has 6 heteroatoms. The van der Waals surface area contributed by atoms with Crippen LogP contribution in [0.4, 0.5) is 5.82 Å². The van der Waals surface area contributed by atoms with E-state index in [0.717, 1.165) is 24.1 Å². The number of rotatable bonds is 2. The summed E-state index contributed by atoms with van der Waals surface area (Å²) in [7, 11) is 0. The van der Waals surface area contributed by atoms with Crippen LogP contribution in [0, 0.1) is 11.3 Å². The Morgan fingerprint density at radius 2 is 1.95 bits per heavy atom. The van der Waals surface area contributed by atoms with E-state index in [1.54, 1.807) is 0 Å². The maximum absolute atomic E-state index is 12.7. The number of carbonyl (C=O) groups is 2. The molecule has 2 amide bonds. The molecule has 0 aromatic carbocycles. The summed E-state index contributed by atoms with van der Waals surface area (Å²) in [6, 6.07) is 0. The van der Waals surface area contributed by atoms with Gasteiger partial charge in [-0.3, -0.25) is 14.7 Å². The quantitative estimate of drug-likeness (QED) is 0.880. The molecule has 2 heterocycles. The molecule has 2 N–H and O–H groups in total. The zero-order valence-electron chi connectivity index (χ0n) is 13.9. The van der Waals surface area contributed by atoms with Crippen LogP contribution in [0.1, 0.15) is 58.7 Å². The molecule has 1 aromatic heterocycles. The van der Waals surface area contributed by atoms with Gasteiger partial charge in [0, 0.05) is 16.9 Å². The van der Waals surface area contributed by atoms with Crippen molar-refractivity contribution in [2.45, 2.75) is 59.5 Å². The first kappa shape index (κ1) is 15.1. The molecular weight excluding hydrogens is 280 g/mol. The van der Waals surface area contributed by atoms with Crippen LogP contribution in [0.3, 0.4) is 0 Å². The van der Waals surface area contributed by atoms with E-state index in [2.05, 4.69) is 15.5 Å². The van der Waals surface area contributed by atoms with Crippen LogP contribution in [0.2, 0.25) is 0 Å². The number of carbonyl (C=O) groups excluding carboxylic acids is 2. The summed E-state index contributed by atoms with van der Waals surface area (Å²) in [4.78, 5) is 26.5. The summed E-state index contributed by atoms with van der Waals surface area (Å²) in [5.41, 5.74) is 0.953. The van der Waals surface area contributed by atoms with Crippen molar-refractivity contribution >= 4 is 17.6 Å². The maximum atomic E-state index is 12.7. The van der Waals surface area contributed by atoms with Crippen molar-refractivity contribution in [1.29, 1.82) is 0 Å². The molecule has 1 fully saturated rings. The third kappa shape index (κ3) is 2.30. The summed E-state index contributed by atoms with van der Waals surface area (Å²) in [6.07, 6.45) is 1.91. The summed E-state index contributed by atoms with van der Waals surface area (Å²) >= 11 is 0. The van der Waals surface area contributed by atoms with Gasteiger partial charge in [-0.1, -0.05) is 20.8 Å². The number of fused-ring (bicyclic) bond motifs is 1. The molecule has 0 spiro atoms. The van der Waals surface area contributed by atoms with Crippen molar-refractivity contribution in [3.05, 3.63) is 11.3 Å². The zero-order chi connectivity index (χ0) is 16.3. The molecule has 1 aliphatic carbocycles. The second-order valence-electron chi connectivity index (χ2n) is 7.89. The molecule has 1 aromatic rings. The van der Waals surface area contributed by atoms with Crippen LogP contribution in [-0.2, 0) is 21.7 Å². The lowest BCUT2D eigenvalue weighted by molar-refractivity contribution is -0.145. The number of nitrogens with zero attached hydrogens (tertiary/aromatic N) is 2. The van der Waals surface area contributed by atoms with Crippen LogP contribution >= 0.6 is 0 Å². The molecule has 0 unspecified atom stereocenters. The summed E-state index contributed by atoms with van der Waals surface area (Å²) < 4.78 is 0. The van der Waals surface area contributed by atoms with Gasteiger partial charge in [-0.05, 0) is 26.7 Å². The Hall–Kier alpha value is -1.85. The molecule has 3 rings (SSSR count). The molecular formula is C16H24N4O2. The van der Waals surface area contributed by atoms with Crippen molar-refractivity contribution in [2.75, 3.05) is 5.32 Å². The number of aromatic nitrogens is 2. The highest BCUT2D eigenvalue weighted by Gasteiger charge is 2.46. The van der Waals surface area contributed by atoms with E-state index in [9.17, 15) is 9.59 Å². The number of aromatic amines is 1. The van der Waals surface area contributed by atoms with Gasteiger partial charge in [0.25, 0.3) is 0 Å². The van der Waals surface area contributed by atoms with Crippen LogP contribution in [0.15, 0.2) is 0 Å². The molecule has 0 bridgehead atoms. The minimum atomic E-state index is -0.449. The molecule has 2 aliphatic rings. The van der Waals surface area contributed by atoms with Crippen LogP contribution in [0.25, 0.3) is 0 Å². The minimum Gasteiger partial charge on any atom is -0.327 e. The number of nitrogens with one attached hydrogen (secondary N) is 2. The number of amides is 2. The predicted octanol–water partition coefficient (Wildman–Crippen LogP) is 2.38. The number of hydrogen-bond donors (Lipinski definition) is 2. The normalized spacial score (nSPS) is 20.0. The highest BCUT2D eigenvalue weighted by molar-refractivity contribution is 5.94. The largest absolute Gasteiger partial charge is 0.327 e. The fourth-order valence-corrected chi connectivity index (χ4v) is 2.91. The molecule has 0 radical (unpaired) electrons. The average molecular weight is 304 g/mol. The Bertz CT molecular complexity index is 635. The van der Waals surface area contributed by atoms with Crippen molar-refractivity contribution < 1.29 is 9.59 Å². The molecule has 22 heavy (non-hydrogen) atoms. The van der Waals surface area contributed by atoms with Crippen molar-refractivity contribution in [3.63, 3.8) is 0 Å². The Morgan fingerprint density at radius 1 is 1.32 bits per heavy atom. The molecule has 1 saturated carbocycles. The third-order valence-electron chi connectivity index (χ3n) is 4.55. The second kappa shape index (κ2) is 4.57. The van der Waals surface area contributed by atoms with Gasteiger partial charge in [0.05, 0.1) is 17.8 Å². The lowest BCUT2D eigenvalue weighted by atomic mass is 9.92. The van der Waals surface area contributed by atoms with Crippen LogP contribution in [0.5, 0.6) is 0 Å². The van der Waals surface area contributed by atoms with E-state index in [4.69, 9.17) is 0 Å². The molecule has 0 saturated heterocycles. The zero-order valence-corrected chi connectivity index (χ0v) is 13.9. The first-order valence-electron chi connectivity index (χ1n) is 7.83. The second-order valence-corrected chi connectivity index (χ2v) is 7.89. The van der Waals surface area contributed by atoms with Crippen LogP contribution in [-0.4, -0.2) is 26.9 Å². The Labute approximate surface area is 130 Å². The van der Waals surface area contributed by atoms with E-state index in [0.29, 0.717) is 12.4 Å². The summed E-state index contributed by atoms with van der Waals surface area (Å²) in [5, 5.41) is 10.2. The van der Waals surface area contributed by atoms with E-state index in [-0.39, 0.29) is 17.7 Å². The molecule has 0 atom stereocenters. The monoisotopic (exact) mass is 304 g/mol. The van der Waals surface area contributed by atoms with E-state index in [1.165, 1.54) is 0 Å². The molecule has 6 nitrogen and oxygen atoms in total. The molecule has 120 valence electrons. The predicted molar refractivity (Wildman–Crippen MR) is 83.0 cm³/mol. The third-order valence-corrected chi connectivity index (χ3v) is 4.55. The lowest BCUT2D eigenvalue weighted by Crippen LogP contribution is -2.46. The van der Waals surface area contributed by atoms with Gasteiger partial charge in [0.1, 0.15) is 0 Å². The molecule has 1 aliphatic heterocycles. The Kier molecular flexibility index (Phi) is 3.13. The first-order chi connectivity index (χ1) is 10.1. The van der Waals surface area contributed by atoms with Gasteiger partial charge >= 0.3 is 0 Å². The van der Waals surface area contributed by atoms with Gasteiger partial charge in [-0.2, -0.15) is 5.10 Å². The topological polar surface area (TPSA) is 78.1 Å². The first-order valence-corrected chi connectivity index (χ1v) is 7.83. The van der Waals surface area contributed by atoms with E-state index < -0.39 is 11.0 Å². The van der Waals surface area contributed by atoms with Gasteiger partial charge in [0.2, 0.25) is 11.8 Å². The number of hydrogen-bond acceptors (Lipinski definition) is 3. The summed E-state index contributed by atoms with van der Waals surface area (Å²) in [6.45, 7) is 10.3. The van der Waals surface area contributed by atoms with E-state index in [1.807, 2.05) is 39.5 Å². The van der Waals surface area contributed by atoms with Gasteiger partial charge in [0.15, 0.2) is 5.82 Å². The Morgan fingerprint density at radius 3 is 2.50 bits per heavy atom. The SMILES string of the molecule is CC(C)(C)C(=O)N1Cc2c(NC(=O)C3CC3)n[nH]c2C1(C)C. The number of anilines is 1. The van der Waals surface area contributed by atoms with Crippen molar-refractivity contribution in [1.82, 2.24) is 15.1 Å². The standard InChI is InChI=1S/C16H24N4O2/c1-15(2,3)14(22)20-8-10-11(16(20,4)5)18-19-12(10)17-13(21)9-6-7-9/h9H,6-8H2,1-5H3,(H2,17,18,19,21). The fourth-order valence-electron chi connectivity index (χ4n) is 2.91. The lowest BCUT2D eigenvalue weighted by Gasteiger charge is -2.36. The Balaban J connectivity index is 1.87. The number of H-pyrrole nitrogens is 1. The van der Waals surface area contributed by atoms with Gasteiger partial charge in [-0.15, -0.1) is 0 Å². The summed E-state index contributed by atoms with van der Waals surface area (Å²) in [5.74, 6) is 0.840. The van der Waals surface area contributed by atoms with E-state index >= 15 is 0 Å². The highest BCUT2D eigenvalue weighted by Crippen LogP contribution is 2.42. The smallest absolute Gasteiger partial charge is 0.229 e. The van der Waals surface area contributed by atoms with Crippen molar-refractivity contribution in [2.24, 2.45) is 11.3 Å². The van der Waals surface area contributed by atoms with Gasteiger partial charge < -0.3 is 10.2 Å². The fraction of sp³-hybridized carbons (Fsp3) is 0.688. The average Bonchev–Trinajstić information content (AvgIpc) is 3.12. The maximum Gasteiger partial charge on any atom is 0.229 e.